The van der Waals surface area contributed by atoms with Crippen LogP contribution in [0.1, 0.15) is 40.0 Å². The molecule has 1 saturated carbocycles. The number of allylic oxidation sites excluding steroid dienone is 1. The van der Waals surface area contributed by atoms with E-state index in [1.165, 1.54) is 18.9 Å². The summed E-state index contributed by atoms with van der Waals surface area (Å²) in [5.74, 6) is 0.618. The highest BCUT2D eigenvalue weighted by Crippen LogP contribution is 2.43. The van der Waals surface area contributed by atoms with E-state index in [9.17, 15) is 4.79 Å². The predicted octanol–water partition coefficient (Wildman–Crippen LogP) is 4.66. The number of hydrogen-bond acceptors (Lipinski definition) is 3. The fourth-order valence-corrected chi connectivity index (χ4v) is 3.70. The molecule has 0 aliphatic heterocycles. The lowest BCUT2D eigenvalue weighted by atomic mass is 9.66. The number of ketones is 1. The Morgan fingerprint density at radius 1 is 1.32 bits per heavy atom. The van der Waals surface area contributed by atoms with Gasteiger partial charge in [-0.3, -0.25) is 4.79 Å². The molecule has 1 fully saturated rings. The summed E-state index contributed by atoms with van der Waals surface area (Å²) >= 11 is 0. The molecule has 0 aromatic rings. The summed E-state index contributed by atoms with van der Waals surface area (Å²) in [4.78, 5) is 11.3. The lowest BCUT2D eigenvalue weighted by molar-refractivity contribution is -0.137. The summed E-state index contributed by atoms with van der Waals surface area (Å²) in [6.07, 6.45) is 7.31. The van der Waals surface area contributed by atoms with Crippen LogP contribution in [0.5, 0.6) is 0 Å². The Morgan fingerprint density at radius 2 is 2.00 bits per heavy atom. The second-order valence-electron chi connectivity index (χ2n) is 8.13. The molecule has 0 saturated heterocycles. The van der Waals surface area contributed by atoms with E-state index in [1.54, 1.807) is 13.0 Å². The Bertz CT molecular complexity index is 386. The van der Waals surface area contributed by atoms with Crippen LogP contribution in [-0.4, -0.2) is 33.4 Å². The molecule has 3 nitrogen and oxygen atoms in total. The average molecular weight is 327 g/mol. The zero-order chi connectivity index (χ0) is 16.8. The highest BCUT2D eigenvalue weighted by molar-refractivity contribution is 6.76. The normalized spacial score (nSPS) is 29.9. The van der Waals surface area contributed by atoms with Gasteiger partial charge >= 0.3 is 0 Å². The Kier molecular flexibility index (Phi) is 7.49. The highest BCUT2D eigenvalue weighted by Gasteiger charge is 2.40. The lowest BCUT2D eigenvalue weighted by Gasteiger charge is -2.44. The SMILES string of the molecule is CC(=O)/C=C/C1(C)C(C)CCCC1OCOCC[Si](C)(C)C. The van der Waals surface area contributed by atoms with Crippen LogP contribution in [0.2, 0.25) is 25.7 Å². The van der Waals surface area contributed by atoms with Crippen molar-refractivity contribution in [1.82, 2.24) is 0 Å². The zero-order valence-corrected chi connectivity index (χ0v) is 16.3. The molecule has 0 amide bonds. The van der Waals surface area contributed by atoms with Gasteiger partial charge in [-0.25, -0.2) is 0 Å². The molecule has 1 aliphatic carbocycles. The molecule has 1 rings (SSSR count). The molecule has 0 radical (unpaired) electrons. The van der Waals surface area contributed by atoms with E-state index in [1.807, 2.05) is 0 Å². The summed E-state index contributed by atoms with van der Waals surface area (Å²) in [5.41, 5.74) is -0.0773. The van der Waals surface area contributed by atoms with E-state index < -0.39 is 8.07 Å². The highest BCUT2D eigenvalue weighted by atomic mass is 28.3. The van der Waals surface area contributed by atoms with Gasteiger partial charge in [0.2, 0.25) is 0 Å². The van der Waals surface area contributed by atoms with Crippen molar-refractivity contribution in [3.05, 3.63) is 12.2 Å². The van der Waals surface area contributed by atoms with Crippen molar-refractivity contribution in [2.75, 3.05) is 13.4 Å². The topological polar surface area (TPSA) is 35.5 Å². The molecular formula is C18H34O3Si. The maximum absolute atomic E-state index is 11.3. The van der Waals surface area contributed by atoms with Gasteiger partial charge in [-0.1, -0.05) is 46.0 Å². The van der Waals surface area contributed by atoms with E-state index in [-0.39, 0.29) is 17.3 Å². The van der Waals surface area contributed by atoms with Gasteiger partial charge in [-0.05, 0) is 37.8 Å². The Morgan fingerprint density at radius 3 is 2.59 bits per heavy atom. The van der Waals surface area contributed by atoms with Gasteiger partial charge in [0.25, 0.3) is 0 Å². The summed E-state index contributed by atoms with van der Waals surface area (Å²) in [7, 11) is -1.04. The molecule has 0 aromatic carbocycles. The van der Waals surface area contributed by atoms with E-state index in [4.69, 9.17) is 9.47 Å². The largest absolute Gasteiger partial charge is 0.356 e. The molecule has 22 heavy (non-hydrogen) atoms. The minimum Gasteiger partial charge on any atom is -0.356 e. The fourth-order valence-electron chi connectivity index (χ4n) is 2.95. The third-order valence-electron chi connectivity index (χ3n) is 4.89. The van der Waals surface area contributed by atoms with Crippen LogP contribution in [0.4, 0.5) is 0 Å². The van der Waals surface area contributed by atoms with Crippen LogP contribution in [0.15, 0.2) is 12.2 Å². The van der Waals surface area contributed by atoms with Crippen molar-refractivity contribution in [2.24, 2.45) is 11.3 Å². The van der Waals surface area contributed by atoms with E-state index >= 15 is 0 Å². The first kappa shape index (κ1) is 19.6. The van der Waals surface area contributed by atoms with Gasteiger partial charge in [-0.15, -0.1) is 0 Å². The quantitative estimate of drug-likeness (QED) is 0.282. The van der Waals surface area contributed by atoms with Crippen molar-refractivity contribution in [3.8, 4) is 0 Å². The first-order valence-corrected chi connectivity index (χ1v) is 12.2. The summed E-state index contributed by atoms with van der Waals surface area (Å²) in [5, 5.41) is 0. The van der Waals surface area contributed by atoms with Crippen molar-refractivity contribution < 1.29 is 14.3 Å². The first-order chi connectivity index (χ1) is 10.1. The number of hydrogen-bond donors (Lipinski definition) is 0. The van der Waals surface area contributed by atoms with Crippen molar-refractivity contribution in [1.29, 1.82) is 0 Å². The molecule has 0 spiro atoms. The van der Waals surface area contributed by atoms with E-state index in [0.29, 0.717) is 12.7 Å². The number of rotatable bonds is 8. The van der Waals surface area contributed by atoms with Gasteiger partial charge in [0.1, 0.15) is 6.79 Å². The summed E-state index contributed by atoms with van der Waals surface area (Å²) in [6.45, 7) is 14.3. The third-order valence-corrected chi connectivity index (χ3v) is 6.59. The predicted molar refractivity (Wildman–Crippen MR) is 94.8 cm³/mol. The zero-order valence-electron chi connectivity index (χ0n) is 15.3. The van der Waals surface area contributed by atoms with Crippen LogP contribution in [-0.2, 0) is 14.3 Å². The second kappa shape index (κ2) is 8.41. The van der Waals surface area contributed by atoms with Gasteiger partial charge in [-0.2, -0.15) is 0 Å². The standard InChI is InChI=1S/C18H34O3Si/c1-15-8-7-9-17(18(15,3)11-10-16(2)19)21-14-20-12-13-22(4,5)6/h10-11,15,17H,7-9,12-14H2,1-6H3/b11-10+. The number of carbonyl (C=O) groups is 1. The summed E-state index contributed by atoms with van der Waals surface area (Å²) < 4.78 is 11.7. The Balaban J connectivity index is 2.53. The minimum absolute atomic E-state index is 0.0773. The second-order valence-corrected chi connectivity index (χ2v) is 13.8. The minimum atomic E-state index is -1.04. The molecule has 1 aliphatic rings. The molecule has 128 valence electrons. The monoisotopic (exact) mass is 326 g/mol. The molecule has 0 heterocycles. The van der Waals surface area contributed by atoms with Crippen LogP contribution in [0, 0.1) is 11.3 Å². The van der Waals surface area contributed by atoms with Gasteiger partial charge in [0.05, 0.1) is 6.10 Å². The van der Waals surface area contributed by atoms with E-state index in [0.717, 1.165) is 13.0 Å². The molecule has 0 bridgehead atoms. The van der Waals surface area contributed by atoms with Crippen LogP contribution in [0.25, 0.3) is 0 Å². The van der Waals surface area contributed by atoms with Crippen molar-refractivity contribution >= 4 is 13.9 Å². The van der Waals surface area contributed by atoms with Crippen LogP contribution >= 0.6 is 0 Å². The molecule has 0 aromatic heterocycles. The van der Waals surface area contributed by atoms with Gasteiger partial charge in [0, 0.05) is 20.1 Å². The molecular weight excluding hydrogens is 292 g/mol. The smallest absolute Gasteiger partial charge is 0.152 e. The number of ether oxygens (including phenoxy) is 2. The maximum atomic E-state index is 11.3. The Labute approximate surface area is 137 Å². The lowest BCUT2D eigenvalue weighted by Crippen LogP contribution is -2.42. The van der Waals surface area contributed by atoms with Crippen LogP contribution in [0.3, 0.4) is 0 Å². The fraction of sp³-hybridized carbons (Fsp3) is 0.833. The van der Waals surface area contributed by atoms with Crippen molar-refractivity contribution in [3.63, 3.8) is 0 Å². The molecule has 0 N–H and O–H groups in total. The maximum Gasteiger partial charge on any atom is 0.152 e. The first-order valence-electron chi connectivity index (χ1n) is 8.54. The third kappa shape index (κ3) is 6.35. The van der Waals surface area contributed by atoms with E-state index in [2.05, 4.69) is 39.6 Å². The number of carbonyl (C=O) groups excluding carboxylic acids is 1. The molecule has 3 unspecified atom stereocenters. The average Bonchev–Trinajstić information content (AvgIpc) is 2.40. The van der Waals surface area contributed by atoms with Crippen LogP contribution < -0.4 is 0 Å². The summed E-state index contributed by atoms with van der Waals surface area (Å²) in [6, 6.07) is 1.17. The van der Waals surface area contributed by atoms with Gasteiger partial charge in [0.15, 0.2) is 5.78 Å². The van der Waals surface area contributed by atoms with Gasteiger partial charge < -0.3 is 9.47 Å². The molecule has 3 atom stereocenters. The van der Waals surface area contributed by atoms with Crippen molar-refractivity contribution in [2.45, 2.75) is 71.8 Å². The molecule has 4 heteroatoms. The Hall–Kier alpha value is -0.453.